The maximum absolute atomic E-state index is 13.0. The molecule has 0 spiro atoms. The average Bonchev–Trinajstić information content (AvgIpc) is 3.51. The molecule has 1 aromatic carbocycles. The third-order valence-corrected chi connectivity index (χ3v) is 7.67. The van der Waals surface area contributed by atoms with Gasteiger partial charge in [-0.1, -0.05) is 18.2 Å². The van der Waals surface area contributed by atoms with E-state index in [4.69, 9.17) is 4.74 Å². The summed E-state index contributed by atoms with van der Waals surface area (Å²) in [5, 5.41) is 6.62. The van der Waals surface area contributed by atoms with E-state index in [1.54, 1.807) is 18.0 Å². The SMILES string of the molecule is CC(=O)NCCCC(=O)N1CCC(Oc2cc(-c3c(C)cccc3C)nc(NS(=O)(=O)c3cnn(C)c3)n2)C1. The molecule has 0 aliphatic carbocycles. The van der Waals surface area contributed by atoms with Gasteiger partial charge < -0.3 is 15.0 Å². The molecule has 13 heteroatoms. The quantitative estimate of drug-likeness (QED) is 0.362. The van der Waals surface area contributed by atoms with Crippen molar-refractivity contribution in [2.24, 2.45) is 7.05 Å². The molecule has 4 rings (SSSR count). The van der Waals surface area contributed by atoms with Gasteiger partial charge in [0.05, 0.1) is 18.4 Å². The third kappa shape index (κ3) is 7.11. The first kappa shape index (κ1) is 28.0. The molecule has 0 saturated carbocycles. The normalized spacial score (nSPS) is 15.3. The minimum atomic E-state index is -3.99. The average molecular weight is 556 g/mol. The van der Waals surface area contributed by atoms with Crippen molar-refractivity contribution in [3.8, 4) is 17.1 Å². The molecule has 3 heterocycles. The highest BCUT2D eigenvalue weighted by atomic mass is 32.2. The van der Waals surface area contributed by atoms with Gasteiger partial charge in [0.2, 0.25) is 23.6 Å². The van der Waals surface area contributed by atoms with E-state index < -0.39 is 10.0 Å². The number of ether oxygens (including phenoxy) is 1. The van der Waals surface area contributed by atoms with Gasteiger partial charge in [-0.25, -0.2) is 18.1 Å². The summed E-state index contributed by atoms with van der Waals surface area (Å²) >= 11 is 0. The molecule has 1 aliphatic rings. The summed E-state index contributed by atoms with van der Waals surface area (Å²) in [6.45, 7) is 6.73. The van der Waals surface area contributed by atoms with Crippen LogP contribution in [0.25, 0.3) is 11.3 Å². The standard InChI is InChI=1S/C26H33N7O5S/c1-17-7-5-8-18(2)25(17)22-13-23(30-26(29-22)31-39(36,37)21-14-28-32(4)16-21)38-20-10-12-33(15-20)24(35)9-6-11-27-19(3)34/h5,7-8,13-14,16,20H,6,9-12,15H2,1-4H3,(H,27,34)(H,29,30,31). The number of carbonyl (C=O) groups is 2. The van der Waals surface area contributed by atoms with Crippen LogP contribution in [-0.2, 0) is 26.7 Å². The second-order valence-corrected chi connectivity index (χ2v) is 11.3. The Morgan fingerprint density at radius 2 is 1.92 bits per heavy atom. The molecule has 1 aliphatic heterocycles. The predicted molar refractivity (Wildman–Crippen MR) is 144 cm³/mol. The molecule has 1 saturated heterocycles. The fourth-order valence-electron chi connectivity index (χ4n) is 4.48. The Kier molecular flexibility index (Phi) is 8.48. The van der Waals surface area contributed by atoms with Crippen molar-refractivity contribution < 1.29 is 22.7 Å². The number of hydrogen-bond acceptors (Lipinski definition) is 8. The smallest absolute Gasteiger partial charge is 0.267 e. The van der Waals surface area contributed by atoms with E-state index >= 15 is 0 Å². The summed E-state index contributed by atoms with van der Waals surface area (Å²) < 4.78 is 35.9. The number of rotatable bonds is 10. The van der Waals surface area contributed by atoms with Crippen LogP contribution in [0.5, 0.6) is 5.88 Å². The molecule has 2 N–H and O–H groups in total. The fraction of sp³-hybridized carbons (Fsp3) is 0.423. The van der Waals surface area contributed by atoms with Gasteiger partial charge in [0.15, 0.2) is 0 Å². The van der Waals surface area contributed by atoms with E-state index in [1.807, 2.05) is 32.0 Å². The number of amides is 2. The topological polar surface area (TPSA) is 148 Å². The number of sulfonamides is 1. The van der Waals surface area contributed by atoms with E-state index in [-0.39, 0.29) is 34.6 Å². The van der Waals surface area contributed by atoms with Gasteiger partial charge in [0.25, 0.3) is 10.0 Å². The van der Waals surface area contributed by atoms with Crippen molar-refractivity contribution in [1.29, 1.82) is 0 Å². The van der Waals surface area contributed by atoms with Crippen molar-refractivity contribution in [3.63, 3.8) is 0 Å². The number of hydrogen-bond donors (Lipinski definition) is 2. The van der Waals surface area contributed by atoms with Crippen LogP contribution in [-0.4, -0.2) is 70.6 Å². The number of aromatic nitrogens is 4. The minimum absolute atomic E-state index is 0.00437. The van der Waals surface area contributed by atoms with Crippen molar-refractivity contribution in [3.05, 3.63) is 47.8 Å². The highest BCUT2D eigenvalue weighted by Gasteiger charge is 2.28. The van der Waals surface area contributed by atoms with Crippen LogP contribution in [0.2, 0.25) is 0 Å². The molecule has 1 fully saturated rings. The van der Waals surface area contributed by atoms with Crippen LogP contribution in [0.4, 0.5) is 5.95 Å². The van der Waals surface area contributed by atoms with Gasteiger partial charge >= 0.3 is 0 Å². The van der Waals surface area contributed by atoms with Gasteiger partial charge in [-0.15, -0.1) is 0 Å². The van der Waals surface area contributed by atoms with Crippen LogP contribution in [0.3, 0.4) is 0 Å². The maximum Gasteiger partial charge on any atom is 0.267 e. The van der Waals surface area contributed by atoms with Gasteiger partial charge in [-0.05, 0) is 31.4 Å². The summed E-state index contributed by atoms with van der Waals surface area (Å²) in [5.74, 6) is -0.0472. The highest BCUT2D eigenvalue weighted by molar-refractivity contribution is 7.92. The summed E-state index contributed by atoms with van der Waals surface area (Å²) in [6, 6.07) is 7.54. The molecule has 1 atom stereocenters. The van der Waals surface area contributed by atoms with Crippen LogP contribution < -0.4 is 14.8 Å². The van der Waals surface area contributed by atoms with Gasteiger partial charge in [-0.3, -0.25) is 14.3 Å². The van der Waals surface area contributed by atoms with Crippen molar-refractivity contribution in [1.82, 2.24) is 30.0 Å². The molecule has 39 heavy (non-hydrogen) atoms. The molecule has 12 nitrogen and oxygen atoms in total. The van der Waals surface area contributed by atoms with Crippen molar-refractivity contribution in [2.75, 3.05) is 24.4 Å². The van der Waals surface area contributed by atoms with Gasteiger partial charge in [0, 0.05) is 57.7 Å². The Morgan fingerprint density at radius 1 is 1.18 bits per heavy atom. The molecule has 3 aromatic rings. The van der Waals surface area contributed by atoms with Crippen LogP contribution in [0.1, 0.15) is 37.3 Å². The summed E-state index contributed by atoms with van der Waals surface area (Å²) in [4.78, 5) is 34.2. The molecule has 1 unspecified atom stereocenters. The lowest BCUT2D eigenvalue weighted by atomic mass is 10.00. The van der Waals surface area contributed by atoms with E-state index in [0.717, 1.165) is 16.7 Å². The lowest BCUT2D eigenvalue weighted by Crippen LogP contribution is -2.31. The fourth-order valence-corrected chi connectivity index (χ4v) is 5.40. The van der Waals surface area contributed by atoms with Crippen LogP contribution in [0.15, 0.2) is 41.6 Å². The number of carbonyl (C=O) groups excluding carboxylic acids is 2. The summed E-state index contributed by atoms with van der Waals surface area (Å²) in [6.07, 6.45) is 3.82. The minimum Gasteiger partial charge on any atom is -0.472 e. The molecule has 0 bridgehead atoms. The second-order valence-electron chi connectivity index (χ2n) is 9.59. The van der Waals surface area contributed by atoms with E-state index in [2.05, 4.69) is 25.1 Å². The molecular formula is C26H33N7O5S. The van der Waals surface area contributed by atoms with Crippen LogP contribution >= 0.6 is 0 Å². The first-order chi connectivity index (χ1) is 18.5. The maximum atomic E-state index is 13.0. The zero-order chi connectivity index (χ0) is 28.2. The number of benzene rings is 1. The van der Waals surface area contributed by atoms with E-state index in [9.17, 15) is 18.0 Å². The largest absolute Gasteiger partial charge is 0.472 e. The lowest BCUT2D eigenvalue weighted by molar-refractivity contribution is -0.130. The molecule has 0 radical (unpaired) electrons. The summed E-state index contributed by atoms with van der Waals surface area (Å²) in [5.41, 5.74) is 3.31. The van der Waals surface area contributed by atoms with Crippen LogP contribution in [0, 0.1) is 13.8 Å². The van der Waals surface area contributed by atoms with Gasteiger partial charge in [0.1, 0.15) is 11.0 Å². The second kappa shape index (κ2) is 11.8. The zero-order valence-corrected chi connectivity index (χ0v) is 23.3. The Labute approximate surface area is 227 Å². The molecular weight excluding hydrogens is 522 g/mol. The number of anilines is 1. The number of nitrogens with one attached hydrogen (secondary N) is 2. The predicted octanol–water partition coefficient (Wildman–Crippen LogP) is 2.19. The van der Waals surface area contributed by atoms with E-state index in [1.165, 1.54) is 24.0 Å². The first-order valence-electron chi connectivity index (χ1n) is 12.7. The molecule has 2 aromatic heterocycles. The molecule has 2 amide bonds. The number of nitrogens with zero attached hydrogens (tertiary/aromatic N) is 5. The Bertz CT molecular complexity index is 1450. The molecule has 208 valence electrons. The third-order valence-electron chi connectivity index (χ3n) is 6.38. The van der Waals surface area contributed by atoms with Gasteiger partial charge in [-0.2, -0.15) is 10.1 Å². The van der Waals surface area contributed by atoms with Crippen molar-refractivity contribution in [2.45, 2.75) is 51.0 Å². The van der Waals surface area contributed by atoms with Crippen molar-refractivity contribution >= 4 is 27.8 Å². The summed E-state index contributed by atoms with van der Waals surface area (Å²) in [7, 11) is -2.36. The Balaban J connectivity index is 1.54. The Morgan fingerprint density at radius 3 is 2.59 bits per heavy atom. The Hall–Kier alpha value is -4.00. The zero-order valence-electron chi connectivity index (χ0n) is 22.5. The highest BCUT2D eigenvalue weighted by Crippen LogP contribution is 2.30. The number of likely N-dealkylation sites (tertiary alicyclic amines) is 1. The monoisotopic (exact) mass is 555 g/mol. The number of aryl methyl sites for hydroxylation is 3. The lowest BCUT2D eigenvalue weighted by Gasteiger charge is -2.18. The van der Waals surface area contributed by atoms with E-state index in [0.29, 0.717) is 44.6 Å². The first-order valence-corrected chi connectivity index (χ1v) is 14.2.